The molecule has 0 saturated carbocycles. The number of hydrogen-bond acceptors (Lipinski definition) is 5. The Balaban J connectivity index is 1.76. The van der Waals surface area contributed by atoms with Gasteiger partial charge in [0.25, 0.3) is 0 Å². The van der Waals surface area contributed by atoms with Crippen molar-refractivity contribution in [1.82, 2.24) is 19.9 Å². The van der Waals surface area contributed by atoms with E-state index in [0.717, 1.165) is 47.9 Å². The summed E-state index contributed by atoms with van der Waals surface area (Å²) in [5.74, 6) is 0.350. The van der Waals surface area contributed by atoms with Gasteiger partial charge in [0, 0.05) is 60.8 Å². The zero-order valence-electron chi connectivity index (χ0n) is 10.4. The summed E-state index contributed by atoms with van der Waals surface area (Å²) in [6.07, 6.45) is 6.22. The Morgan fingerprint density at radius 2 is 2.26 bits per heavy atom. The number of nitrogens with zero attached hydrogens (tertiary/aromatic N) is 4. The molecule has 0 saturated heterocycles. The number of anilines is 1. The van der Waals surface area contributed by atoms with Gasteiger partial charge < -0.3 is 5.73 Å². The maximum atomic E-state index is 6.16. The highest BCUT2D eigenvalue weighted by Crippen LogP contribution is 2.21. The highest BCUT2D eigenvalue weighted by Gasteiger charge is 2.18. The van der Waals surface area contributed by atoms with Crippen LogP contribution in [0.25, 0.3) is 0 Å². The van der Waals surface area contributed by atoms with E-state index in [2.05, 4.69) is 19.9 Å². The van der Waals surface area contributed by atoms with Crippen LogP contribution in [-0.2, 0) is 19.5 Å². The van der Waals surface area contributed by atoms with Crippen LogP contribution in [0.3, 0.4) is 0 Å². The summed E-state index contributed by atoms with van der Waals surface area (Å²) in [7, 11) is 0. The van der Waals surface area contributed by atoms with Gasteiger partial charge in [0.15, 0.2) is 0 Å². The van der Waals surface area contributed by atoms with Crippen LogP contribution in [0.2, 0.25) is 5.02 Å². The second-order valence-electron chi connectivity index (χ2n) is 4.63. The molecule has 19 heavy (non-hydrogen) atoms. The molecule has 0 amide bonds. The molecule has 0 bridgehead atoms. The van der Waals surface area contributed by atoms with Crippen LogP contribution in [0.4, 0.5) is 5.95 Å². The lowest BCUT2D eigenvalue weighted by Gasteiger charge is -2.27. The fraction of sp³-hybridized carbons (Fsp3) is 0.308. The molecule has 0 aromatic carbocycles. The van der Waals surface area contributed by atoms with Crippen LogP contribution in [0.15, 0.2) is 24.7 Å². The molecule has 1 aliphatic heterocycles. The highest BCUT2D eigenvalue weighted by molar-refractivity contribution is 6.31. The van der Waals surface area contributed by atoms with Crippen LogP contribution in [0.5, 0.6) is 0 Å². The first-order valence-electron chi connectivity index (χ1n) is 6.13. The van der Waals surface area contributed by atoms with Crippen molar-refractivity contribution in [1.29, 1.82) is 0 Å². The van der Waals surface area contributed by atoms with Crippen molar-refractivity contribution >= 4 is 17.5 Å². The Hall–Kier alpha value is -1.72. The molecule has 0 unspecified atom stereocenters. The monoisotopic (exact) mass is 275 g/mol. The molecule has 3 heterocycles. The minimum atomic E-state index is 0.350. The van der Waals surface area contributed by atoms with Gasteiger partial charge in [0.2, 0.25) is 5.95 Å². The van der Waals surface area contributed by atoms with Crippen molar-refractivity contribution < 1.29 is 0 Å². The van der Waals surface area contributed by atoms with E-state index in [0.29, 0.717) is 5.95 Å². The molecule has 2 aromatic heterocycles. The standard InChI is InChI=1S/C13H14ClN5/c14-11-1-3-16-5-9(11)7-19-4-2-12-10(8-19)6-17-13(15)18-12/h1,3,5-6H,2,4,7-8H2,(H2,15,17,18). The Bertz CT molecular complexity index is 601. The van der Waals surface area contributed by atoms with Crippen molar-refractivity contribution in [3.63, 3.8) is 0 Å². The predicted molar refractivity (Wildman–Crippen MR) is 73.5 cm³/mol. The van der Waals surface area contributed by atoms with Crippen molar-refractivity contribution in [3.05, 3.63) is 46.5 Å². The minimum absolute atomic E-state index is 0.350. The number of pyridine rings is 1. The maximum absolute atomic E-state index is 6.16. The second kappa shape index (κ2) is 5.11. The number of aromatic nitrogens is 3. The highest BCUT2D eigenvalue weighted by atomic mass is 35.5. The lowest BCUT2D eigenvalue weighted by molar-refractivity contribution is 0.243. The van der Waals surface area contributed by atoms with Gasteiger partial charge in [-0.2, -0.15) is 0 Å². The smallest absolute Gasteiger partial charge is 0.220 e. The van der Waals surface area contributed by atoms with Gasteiger partial charge in [0.1, 0.15) is 0 Å². The number of nitrogens with two attached hydrogens (primary N) is 1. The summed E-state index contributed by atoms with van der Waals surface area (Å²) in [6.45, 7) is 2.55. The lowest BCUT2D eigenvalue weighted by Crippen LogP contribution is -2.31. The summed E-state index contributed by atoms with van der Waals surface area (Å²) in [5.41, 5.74) is 8.84. The summed E-state index contributed by atoms with van der Waals surface area (Å²) in [6, 6.07) is 1.82. The normalized spacial score (nSPS) is 15.2. The quantitative estimate of drug-likeness (QED) is 0.903. The predicted octanol–water partition coefficient (Wildman–Crippen LogP) is 1.67. The molecular formula is C13H14ClN5. The summed E-state index contributed by atoms with van der Waals surface area (Å²) < 4.78 is 0. The fourth-order valence-corrected chi connectivity index (χ4v) is 2.46. The summed E-state index contributed by atoms with van der Waals surface area (Å²) >= 11 is 6.16. The summed E-state index contributed by atoms with van der Waals surface area (Å²) in [4.78, 5) is 14.8. The molecule has 1 aliphatic rings. The van der Waals surface area contributed by atoms with Crippen LogP contribution in [0.1, 0.15) is 16.8 Å². The molecule has 0 radical (unpaired) electrons. The van der Waals surface area contributed by atoms with E-state index in [1.807, 2.05) is 18.5 Å². The van der Waals surface area contributed by atoms with E-state index in [4.69, 9.17) is 17.3 Å². The molecule has 0 aliphatic carbocycles. The molecule has 2 aromatic rings. The van der Waals surface area contributed by atoms with E-state index in [-0.39, 0.29) is 0 Å². The molecule has 0 fully saturated rings. The number of halogens is 1. The van der Waals surface area contributed by atoms with Gasteiger partial charge in [-0.05, 0) is 6.07 Å². The van der Waals surface area contributed by atoms with E-state index >= 15 is 0 Å². The first kappa shape index (κ1) is 12.3. The minimum Gasteiger partial charge on any atom is -0.368 e. The maximum Gasteiger partial charge on any atom is 0.220 e. The van der Waals surface area contributed by atoms with Crippen LogP contribution in [0, 0.1) is 0 Å². The molecule has 3 rings (SSSR count). The van der Waals surface area contributed by atoms with Crippen molar-refractivity contribution in [3.8, 4) is 0 Å². The van der Waals surface area contributed by atoms with Gasteiger partial charge in [-0.15, -0.1) is 0 Å². The van der Waals surface area contributed by atoms with Crippen molar-refractivity contribution in [2.45, 2.75) is 19.5 Å². The Labute approximate surface area is 116 Å². The molecular weight excluding hydrogens is 262 g/mol. The molecule has 0 atom stereocenters. The Morgan fingerprint density at radius 1 is 1.37 bits per heavy atom. The molecule has 6 heteroatoms. The van der Waals surface area contributed by atoms with E-state index in [1.165, 1.54) is 0 Å². The third-order valence-electron chi connectivity index (χ3n) is 3.27. The number of nitrogen functional groups attached to an aromatic ring is 1. The lowest BCUT2D eigenvalue weighted by atomic mass is 10.1. The molecule has 2 N–H and O–H groups in total. The zero-order chi connectivity index (χ0) is 13.2. The van der Waals surface area contributed by atoms with Crippen LogP contribution >= 0.6 is 11.6 Å². The number of rotatable bonds is 2. The van der Waals surface area contributed by atoms with Gasteiger partial charge in [-0.25, -0.2) is 9.97 Å². The third-order valence-corrected chi connectivity index (χ3v) is 3.64. The Kier molecular flexibility index (Phi) is 3.31. The average Bonchev–Trinajstić information content (AvgIpc) is 2.41. The number of hydrogen-bond donors (Lipinski definition) is 1. The van der Waals surface area contributed by atoms with Gasteiger partial charge in [0.05, 0.1) is 5.69 Å². The second-order valence-corrected chi connectivity index (χ2v) is 5.04. The summed E-state index contributed by atoms with van der Waals surface area (Å²) in [5, 5.41) is 0.759. The first-order chi connectivity index (χ1) is 9.22. The molecule has 5 nitrogen and oxygen atoms in total. The third kappa shape index (κ3) is 2.67. The zero-order valence-corrected chi connectivity index (χ0v) is 11.1. The SMILES string of the molecule is Nc1ncc2c(n1)CCN(Cc1cnccc1Cl)C2. The van der Waals surface area contributed by atoms with Crippen molar-refractivity contribution in [2.75, 3.05) is 12.3 Å². The first-order valence-corrected chi connectivity index (χ1v) is 6.51. The fourth-order valence-electron chi connectivity index (χ4n) is 2.29. The van der Waals surface area contributed by atoms with E-state index in [1.54, 1.807) is 6.20 Å². The van der Waals surface area contributed by atoms with Crippen molar-refractivity contribution in [2.24, 2.45) is 0 Å². The van der Waals surface area contributed by atoms with Crippen LogP contribution < -0.4 is 5.73 Å². The molecule has 98 valence electrons. The molecule has 0 spiro atoms. The Morgan fingerprint density at radius 3 is 3.11 bits per heavy atom. The van der Waals surface area contributed by atoms with E-state index in [9.17, 15) is 0 Å². The van der Waals surface area contributed by atoms with E-state index < -0.39 is 0 Å². The van der Waals surface area contributed by atoms with Gasteiger partial charge in [-0.1, -0.05) is 11.6 Å². The number of fused-ring (bicyclic) bond motifs is 1. The topological polar surface area (TPSA) is 67.9 Å². The average molecular weight is 276 g/mol. The largest absolute Gasteiger partial charge is 0.368 e. The van der Waals surface area contributed by atoms with Gasteiger partial charge in [-0.3, -0.25) is 9.88 Å². The van der Waals surface area contributed by atoms with Gasteiger partial charge >= 0.3 is 0 Å². The van der Waals surface area contributed by atoms with Crippen LogP contribution in [-0.4, -0.2) is 26.4 Å².